The van der Waals surface area contributed by atoms with E-state index in [-0.39, 0.29) is 5.75 Å². The van der Waals surface area contributed by atoms with Crippen molar-refractivity contribution in [3.05, 3.63) is 41.6 Å². The molecule has 15 heavy (non-hydrogen) atoms. The third-order valence-electron chi connectivity index (χ3n) is 1.88. The van der Waals surface area contributed by atoms with Gasteiger partial charge in [-0.1, -0.05) is 18.2 Å². The fraction of sp³-hybridized carbons (Fsp3) is 0.0909. The molecule has 0 amide bonds. The molecule has 76 valence electrons. The Kier molecular flexibility index (Phi) is 2.49. The summed E-state index contributed by atoms with van der Waals surface area (Å²) in [7, 11) is 0. The molecule has 0 aliphatic carbocycles. The van der Waals surface area contributed by atoms with Crippen LogP contribution < -0.4 is 0 Å². The van der Waals surface area contributed by atoms with Gasteiger partial charge < -0.3 is 9.52 Å². The molecule has 0 spiro atoms. The lowest BCUT2D eigenvalue weighted by Crippen LogP contribution is -1.74. The molecule has 0 bridgehead atoms. The normalized spacial score (nSPS) is 11.0. The minimum absolute atomic E-state index is 0.227. The molecule has 1 aromatic carbocycles. The summed E-state index contributed by atoms with van der Waals surface area (Å²) in [4.78, 5) is 0. The van der Waals surface area contributed by atoms with Crippen LogP contribution in [0.1, 0.15) is 17.3 Å². The van der Waals surface area contributed by atoms with Crippen molar-refractivity contribution in [3.8, 4) is 5.75 Å². The quantitative estimate of drug-likeness (QED) is 0.811. The smallest absolute Gasteiger partial charge is 0.240 e. The molecule has 1 N–H and O–H groups in total. The highest BCUT2D eigenvalue weighted by Gasteiger charge is 1.98. The first kappa shape index (κ1) is 9.45. The molecular weight excluding hydrogens is 192 g/mol. The number of hydrogen-bond donors (Lipinski definition) is 1. The van der Waals surface area contributed by atoms with Gasteiger partial charge in [0, 0.05) is 18.6 Å². The van der Waals surface area contributed by atoms with Gasteiger partial charge in [0.2, 0.25) is 11.8 Å². The van der Waals surface area contributed by atoms with Crippen LogP contribution in [-0.2, 0) is 0 Å². The molecule has 0 unspecified atom stereocenters. The van der Waals surface area contributed by atoms with Gasteiger partial charge in [-0.3, -0.25) is 0 Å². The van der Waals surface area contributed by atoms with Crippen LogP contribution in [0.4, 0.5) is 0 Å². The molecule has 0 atom stereocenters. The number of aromatic nitrogens is 2. The number of benzene rings is 1. The van der Waals surface area contributed by atoms with E-state index < -0.39 is 0 Å². The highest BCUT2D eigenvalue weighted by molar-refractivity contribution is 5.69. The number of phenolic OH excluding ortho intramolecular Hbond substituents is 1. The number of phenols is 1. The fourth-order valence-corrected chi connectivity index (χ4v) is 1.17. The SMILES string of the molecule is Cc1nnc(C=Cc2ccccc2O)o1. The number of para-hydroxylation sites is 1. The first-order valence-electron chi connectivity index (χ1n) is 4.52. The van der Waals surface area contributed by atoms with E-state index in [4.69, 9.17) is 4.42 Å². The fourth-order valence-electron chi connectivity index (χ4n) is 1.17. The Hall–Kier alpha value is -2.10. The van der Waals surface area contributed by atoms with E-state index >= 15 is 0 Å². The standard InChI is InChI=1S/C11H10N2O2/c1-8-12-13-11(15-8)7-6-9-4-2-3-5-10(9)14/h2-7,14H,1H3. The van der Waals surface area contributed by atoms with Gasteiger partial charge in [0.25, 0.3) is 0 Å². The zero-order chi connectivity index (χ0) is 10.7. The van der Waals surface area contributed by atoms with Gasteiger partial charge in [0.15, 0.2) is 0 Å². The maximum atomic E-state index is 9.48. The monoisotopic (exact) mass is 202 g/mol. The van der Waals surface area contributed by atoms with Gasteiger partial charge in [-0.25, -0.2) is 0 Å². The van der Waals surface area contributed by atoms with Gasteiger partial charge in [-0.05, 0) is 12.1 Å². The minimum Gasteiger partial charge on any atom is -0.507 e. The van der Waals surface area contributed by atoms with Crippen LogP contribution in [-0.4, -0.2) is 15.3 Å². The molecule has 0 aliphatic heterocycles. The third kappa shape index (κ3) is 2.22. The largest absolute Gasteiger partial charge is 0.507 e. The highest BCUT2D eigenvalue weighted by Crippen LogP contribution is 2.18. The summed E-state index contributed by atoms with van der Waals surface area (Å²) >= 11 is 0. The summed E-state index contributed by atoms with van der Waals surface area (Å²) in [6.07, 6.45) is 3.39. The lowest BCUT2D eigenvalue weighted by Gasteiger charge is -1.95. The molecule has 1 heterocycles. The number of aryl methyl sites for hydroxylation is 1. The van der Waals surface area contributed by atoms with Crippen molar-refractivity contribution in [2.24, 2.45) is 0 Å². The van der Waals surface area contributed by atoms with E-state index in [0.29, 0.717) is 17.3 Å². The molecule has 4 heteroatoms. The van der Waals surface area contributed by atoms with Crippen molar-refractivity contribution in [3.63, 3.8) is 0 Å². The van der Waals surface area contributed by atoms with E-state index in [2.05, 4.69) is 10.2 Å². The summed E-state index contributed by atoms with van der Waals surface area (Å²) < 4.78 is 5.15. The average Bonchev–Trinajstić information content (AvgIpc) is 2.63. The number of hydrogen-bond acceptors (Lipinski definition) is 4. The van der Waals surface area contributed by atoms with Crippen LogP contribution in [0, 0.1) is 6.92 Å². The number of aromatic hydroxyl groups is 1. The van der Waals surface area contributed by atoms with E-state index in [1.807, 2.05) is 6.07 Å². The minimum atomic E-state index is 0.227. The first-order chi connectivity index (χ1) is 7.25. The Morgan fingerprint density at radius 3 is 2.67 bits per heavy atom. The molecule has 2 aromatic rings. The Morgan fingerprint density at radius 2 is 2.00 bits per heavy atom. The Bertz CT molecular complexity index is 489. The molecule has 4 nitrogen and oxygen atoms in total. The van der Waals surface area contributed by atoms with Gasteiger partial charge in [0.1, 0.15) is 5.75 Å². The zero-order valence-corrected chi connectivity index (χ0v) is 8.21. The van der Waals surface area contributed by atoms with Crippen molar-refractivity contribution in [2.45, 2.75) is 6.92 Å². The molecule has 0 radical (unpaired) electrons. The number of nitrogens with zero attached hydrogens (tertiary/aromatic N) is 2. The van der Waals surface area contributed by atoms with Crippen LogP contribution in [0.3, 0.4) is 0 Å². The van der Waals surface area contributed by atoms with Crippen LogP contribution >= 0.6 is 0 Å². The molecule has 0 aliphatic rings. The van der Waals surface area contributed by atoms with E-state index in [1.54, 1.807) is 37.3 Å². The predicted molar refractivity (Wildman–Crippen MR) is 56.1 cm³/mol. The van der Waals surface area contributed by atoms with Crippen molar-refractivity contribution in [1.29, 1.82) is 0 Å². The number of rotatable bonds is 2. The van der Waals surface area contributed by atoms with Gasteiger partial charge in [-0.15, -0.1) is 10.2 Å². The summed E-state index contributed by atoms with van der Waals surface area (Å²) in [5.74, 6) is 1.17. The summed E-state index contributed by atoms with van der Waals surface area (Å²) in [6.45, 7) is 1.73. The Labute approximate surface area is 86.9 Å². The topological polar surface area (TPSA) is 59.2 Å². The Morgan fingerprint density at radius 1 is 1.20 bits per heavy atom. The average molecular weight is 202 g/mol. The van der Waals surface area contributed by atoms with Gasteiger partial charge in [-0.2, -0.15) is 0 Å². The summed E-state index contributed by atoms with van der Waals surface area (Å²) in [5.41, 5.74) is 0.716. The van der Waals surface area contributed by atoms with Crippen LogP contribution in [0.15, 0.2) is 28.7 Å². The van der Waals surface area contributed by atoms with Crippen LogP contribution in [0.5, 0.6) is 5.75 Å². The van der Waals surface area contributed by atoms with Gasteiger partial charge in [0.05, 0.1) is 0 Å². The van der Waals surface area contributed by atoms with Crippen molar-refractivity contribution in [1.82, 2.24) is 10.2 Å². The first-order valence-corrected chi connectivity index (χ1v) is 4.52. The molecular formula is C11H10N2O2. The molecule has 2 rings (SSSR count). The second kappa shape index (κ2) is 3.96. The maximum absolute atomic E-state index is 9.48. The summed E-state index contributed by atoms with van der Waals surface area (Å²) in [5, 5.41) is 17.0. The van der Waals surface area contributed by atoms with E-state index in [9.17, 15) is 5.11 Å². The lowest BCUT2D eigenvalue weighted by molar-refractivity contribution is 0.474. The Balaban J connectivity index is 2.22. The van der Waals surface area contributed by atoms with Crippen LogP contribution in [0.25, 0.3) is 12.2 Å². The molecule has 0 saturated carbocycles. The molecule has 1 aromatic heterocycles. The summed E-state index contributed by atoms with van der Waals surface area (Å²) in [6, 6.07) is 7.04. The van der Waals surface area contributed by atoms with Gasteiger partial charge >= 0.3 is 0 Å². The second-order valence-electron chi connectivity index (χ2n) is 3.05. The molecule has 0 saturated heterocycles. The maximum Gasteiger partial charge on any atom is 0.240 e. The highest BCUT2D eigenvalue weighted by atomic mass is 16.4. The zero-order valence-electron chi connectivity index (χ0n) is 8.21. The van der Waals surface area contributed by atoms with E-state index in [1.165, 1.54) is 0 Å². The van der Waals surface area contributed by atoms with Crippen molar-refractivity contribution < 1.29 is 9.52 Å². The lowest BCUT2D eigenvalue weighted by atomic mass is 10.2. The van der Waals surface area contributed by atoms with Crippen molar-refractivity contribution in [2.75, 3.05) is 0 Å². The predicted octanol–water partition coefficient (Wildman–Crippen LogP) is 2.25. The van der Waals surface area contributed by atoms with Crippen molar-refractivity contribution >= 4 is 12.2 Å². The van der Waals surface area contributed by atoms with Crippen LogP contribution in [0.2, 0.25) is 0 Å². The third-order valence-corrected chi connectivity index (χ3v) is 1.88. The van der Waals surface area contributed by atoms with E-state index in [0.717, 1.165) is 0 Å². The second-order valence-corrected chi connectivity index (χ2v) is 3.05. The molecule has 0 fully saturated rings.